The van der Waals surface area contributed by atoms with Gasteiger partial charge in [-0.3, -0.25) is 24.3 Å². The van der Waals surface area contributed by atoms with Gasteiger partial charge < -0.3 is 10.2 Å². The van der Waals surface area contributed by atoms with Crippen LogP contribution in [0.5, 0.6) is 0 Å². The number of hydrogen-bond donors (Lipinski definition) is 2. The van der Waals surface area contributed by atoms with Gasteiger partial charge in [0.2, 0.25) is 0 Å². The van der Waals surface area contributed by atoms with Gasteiger partial charge >= 0.3 is 11.9 Å². The lowest BCUT2D eigenvalue weighted by Crippen LogP contribution is -2.44. The highest BCUT2D eigenvalue weighted by Crippen LogP contribution is 2.38. The maximum absolute atomic E-state index is 14.3. The van der Waals surface area contributed by atoms with Crippen molar-refractivity contribution in [2.75, 3.05) is 31.1 Å². The highest BCUT2D eigenvalue weighted by atomic mass is 19.4. The van der Waals surface area contributed by atoms with Gasteiger partial charge in [0, 0.05) is 56.2 Å². The van der Waals surface area contributed by atoms with Crippen LogP contribution in [0.15, 0.2) is 64.5 Å². The molecule has 1 saturated heterocycles. The van der Waals surface area contributed by atoms with Gasteiger partial charge in [-0.25, -0.2) is 9.78 Å². The summed E-state index contributed by atoms with van der Waals surface area (Å²) in [5, 5.41) is 3.16. The molecule has 12 heteroatoms. The Morgan fingerprint density at radius 2 is 1.78 bits per heavy atom. The number of pyridine rings is 3. The zero-order valence-electron chi connectivity index (χ0n) is 21.5. The van der Waals surface area contributed by atoms with Gasteiger partial charge in [0.15, 0.2) is 0 Å². The molecule has 2 aliphatic rings. The molecule has 7 rings (SSSR count). The Labute approximate surface area is 230 Å². The van der Waals surface area contributed by atoms with Crippen LogP contribution < -0.4 is 21.5 Å². The summed E-state index contributed by atoms with van der Waals surface area (Å²) in [4.78, 5) is 43.6. The lowest BCUT2D eigenvalue weighted by atomic mass is 10.1. The fourth-order valence-corrected chi connectivity index (χ4v) is 5.51. The van der Waals surface area contributed by atoms with Crippen LogP contribution in [0.4, 0.5) is 18.9 Å². The van der Waals surface area contributed by atoms with Crippen molar-refractivity contribution in [3.63, 3.8) is 0 Å². The second-order valence-corrected chi connectivity index (χ2v) is 9.98. The summed E-state index contributed by atoms with van der Waals surface area (Å²) < 4.78 is 44.1. The SMILES string of the molecule is O=c1[nH]c(=O)n(-c2ccc(N3CCNCC3)c(C(F)(F)F)c2)c2c1cnc1ccc(-c3cnc4c(c3)C=CC4)nc12. The first-order chi connectivity index (χ1) is 19.8. The smallest absolute Gasteiger partial charge is 0.368 e. The van der Waals surface area contributed by atoms with Crippen molar-refractivity contribution in [3.8, 4) is 16.9 Å². The maximum Gasteiger partial charge on any atom is 0.418 e. The topological polar surface area (TPSA) is 109 Å². The van der Waals surface area contributed by atoms with Crippen molar-refractivity contribution in [1.29, 1.82) is 0 Å². The van der Waals surface area contributed by atoms with Gasteiger partial charge in [0.05, 0.1) is 39.1 Å². The van der Waals surface area contributed by atoms with E-state index in [1.807, 2.05) is 18.2 Å². The number of H-pyrrole nitrogens is 1. The van der Waals surface area contributed by atoms with Crippen molar-refractivity contribution >= 4 is 33.7 Å². The molecule has 1 aromatic carbocycles. The average molecular weight is 558 g/mol. The Bertz CT molecular complexity index is 2010. The largest absolute Gasteiger partial charge is 0.418 e. The Balaban J connectivity index is 1.48. The molecule has 9 nitrogen and oxygen atoms in total. The number of piperazine rings is 1. The number of allylic oxidation sites excluding steroid dienone is 1. The van der Waals surface area contributed by atoms with E-state index in [-0.39, 0.29) is 27.8 Å². The van der Waals surface area contributed by atoms with Crippen LogP contribution in [-0.4, -0.2) is 50.7 Å². The van der Waals surface area contributed by atoms with E-state index < -0.39 is 23.0 Å². The van der Waals surface area contributed by atoms with Crippen LogP contribution in [-0.2, 0) is 12.6 Å². The van der Waals surface area contributed by atoms with E-state index in [0.29, 0.717) is 43.0 Å². The molecule has 1 fully saturated rings. The Hall–Kier alpha value is -4.84. The minimum atomic E-state index is -4.68. The second-order valence-electron chi connectivity index (χ2n) is 9.98. The van der Waals surface area contributed by atoms with Crippen molar-refractivity contribution in [1.82, 2.24) is 29.8 Å². The number of aromatic amines is 1. The number of rotatable bonds is 3. The van der Waals surface area contributed by atoms with E-state index in [2.05, 4.69) is 20.3 Å². The Morgan fingerprint density at radius 1 is 0.951 bits per heavy atom. The molecule has 4 aromatic heterocycles. The molecule has 0 saturated carbocycles. The highest BCUT2D eigenvalue weighted by Gasteiger charge is 2.36. The first-order valence-corrected chi connectivity index (χ1v) is 13.1. The molecular weight excluding hydrogens is 535 g/mol. The number of benzene rings is 1. The van der Waals surface area contributed by atoms with Crippen LogP contribution in [0.25, 0.3) is 45.0 Å². The third kappa shape index (κ3) is 4.27. The van der Waals surface area contributed by atoms with Gasteiger partial charge in [0.25, 0.3) is 5.56 Å². The average Bonchev–Trinajstić information content (AvgIpc) is 3.45. The van der Waals surface area contributed by atoms with E-state index in [0.717, 1.165) is 28.3 Å². The zero-order chi connectivity index (χ0) is 28.3. The number of halogens is 3. The monoisotopic (exact) mass is 557 g/mol. The number of nitrogens with one attached hydrogen (secondary N) is 2. The molecule has 0 radical (unpaired) electrons. The fourth-order valence-electron chi connectivity index (χ4n) is 5.51. The summed E-state index contributed by atoms with van der Waals surface area (Å²) in [7, 11) is 0. The molecule has 2 N–H and O–H groups in total. The lowest BCUT2D eigenvalue weighted by molar-refractivity contribution is -0.137. The molecule has 5 aromatic rings. The first kappa shape index (κ1) is 25.1. The molecular formula is C29H22F3N7O2. The van der Waals surface area contributed by atoms with E-state index in [1.54, 1.807) is 23.2 Å². The number of hydrogen-bond acceptors (Lipinski definition) is 7. The number of aromatic nitrogens is 5. The minimum absolute atomic E-state index is 0.0245. The maximum atomic E-state index is 14.3. The molecule has 41 heavy (non-hydrogen) atoms. The van der Waals surface area contributed by atoms with E-state index in [1.165, 1.54) is 18.3 Å². The Morgan fingerprint density at radius 3 is 2.59 bits per heavy atom. The summed E-state index contributed by atoms with van der Waals surface area (Å²) in [5.41, 5.74) is 1.34. The molecule has 0 spiro atoms. The van der Waals surface area contributed by atoms with E-state index >= 15 is 0 Å². The minimum Gasteiger partial charge on any atom is -0.368 e. The first-order valence-electron chi connectivity index (χ1n) is 13.1. The van der Waals surface area contributed by atoms with Crippen LogP contribution in [0.3, 0.4) is 0 Å². The van der Waals surface area contributed by atoms with Gasteiger partial charge in [-0.05, 0) is 42.0 Å². The number of nitrogens with zero attached hydrogens (tertiary/aromatic N) is 5. The molecule has 0 atom stereocenters. The third-order valence-corrected chi connectivity index (χ3v) is 7.49. The number of anilines is 1. The standard InChI is InChI=1S/C29H22F3N7O2/c30-29(31,32)20-13-18(4-7-24(20)38-10-8-33-9-11-38)39-26-19(27(40)37-28(39)41)15-35-23-6-5-22(36-25(23)26)17-12-16-2-1-3-21(16)34-14-17/h1-2,4-7,12-15,33H,3,8-11H2,(H,37,40,41). The van der Waals surface area contributed by atoms with Crippen LogP contribution >= 0.6 is 0 Å². The molecule has 0 unspecified atom stereocenters. The van der Waals surface area contributed by atoms with E-state index in [4.69, 9.17) is 4.98 Å². The summed E-state index contributed by atoms with van der Waals surface area (Å²) in [6, 6.07) is 9.18. The molecule has 206 valence electrons. The normalized spacial score (nSPS) is 15.1. The third-order valence-electron chi connectivity index (χ3n) is 7.49. The summed E-state index contributed by atoms with van der Waals surface area (Å²) >= 11 is 0. The summed E-state index contributed by atoms with van der Waals surface area (Å²) in [6.07, 6.45) is 3.06. The quantitative estimate of drug-likeness (QED) is 0.326. The van der Waals surface area contributed by atoms with Crippen molar-refractivity contribution in [2.24, 2.45) is 0 Å². The van der Waals surface area contributed by atoms with Crippen LogP contribution in [0.2, 0.25) is 0 Å². The number of alkyl halides is 3. The molecule has 0 amide bonds. The predicted molar refractivity (Wildman–Crippen MR) is 149 cm³/mol. The van der Waals surface area contributed by atoms with Gasteiger partial charge in [-0.15, -0.1) is 0 Å². The van der Waals surface area contributed by atoms with Crippen LogP contribution in [0.1, 0.15) is 16.8 Å². The van der Waals surface area contributed by atoms with Crippen molar-refractivity contribution in [2.45, 2.75) is 12.6 Å². The Kier molecular flexibility index (Phi) is 5.75. The highest BCUT2D eigenvalue weighted by molar-refractivity contribution is 6.01. The van der Waals surface area contributed by atoms with Gasteiger partial charge in [-0.2, -0.15) is 13.2 Å². The molecule has 5 heterocycles. The van der Waals surface area contributed by atoms with Crippen LogP contribution in [0, 0.1) is 0 Å². The summed E-state index contributed by atoms with van der Waals surface area (Å²) in [5.74, 6) is 0. The predicted octanol–water partition coefficient (Wildman–Crippen LogP) is 3.68. The van der Waals surface area contributed by atoms with Crippen molar-refractivity contribution < 1.29 is 13.2 Å². The zero-order valence-corrected chi connectivity index (χ0v) is 21.5. The second kappa shape index (κ2) is 9.37. The molecule has 1 aliphatic heterocycles. The molecule has 1 aliphatic carbocycles. The lowest BCUT2D eigenvalue weighted by Gasteiger charge is -2.31. The fraction of sp³-hybridized carbons (Fsp3) is 0.207. The van der Waals surface area contributed by atoms with Gasteiger partial charge in [-0.1, -0.05) is 12.2 Å². The number of fused-ring (bicyclic) bond motifs is 4. The van der Waals surface area contributed by atoms with E-state index in [9.17, 15) is 22.8 Å². The summed E-state index contributed by atoms with van der Waals surface area (Å²) in [6.45, 7) is 1.96. The van der Waals surface area contributed by atoms with Crippen molar-refractivity contribution in [3.05, 3.63) is 92.5 Å². The van der Waals surface area contributed by atoms with Gasteiger partial charge in [0.1, 0.15) is 5.52 Å². The molecule has 0 bridgehead atoms.